The SMILES string of the molecule is [2H]c1c([2H])c([2H])c(-c2c([2H])c([2H])c(N(c3ccccc3-c3cccc4oc5cc6ccccc6cc5c34)c3c([2H])c([2H])c(-c4ccc(-c5ccccc5)cc4)c([2H])c3[2H])c([2H])c2[2H])c([2H])c1[2H]. The predicted molar refractivity (Wildman–Crippen MR) is 228 cm³/mol. The minimum absolute atomic E-state index is 0.00421. The summed E-state index contributed by atoms with van der Waals surface area (Å²) in [5.74, 6) is 0. The van der Waals surface area contributed by atoms with Gasteiger partial charge in [0.2, 0.25) is 0 Å². The van der Waals surface area contributed by atoms with Gasteiger partial charge in [0.05, 0.1) is 23.5 Å². The molecule has 0 N–H and O–H groups in total. The van der Waals surface area contributed by atoms with Crippen LogP contribution in [0.1, 0.15) is 17.8 Å². The first-order chi connectivity index (χ1) is 32.2. The highest BCUT2D eigenvalue weighted by molar-refractivity contribution is 6.16. The molecule has 0 saturated heterocycles. The van der Waals surface area contributed by atoms with Crippen LogP contribution in [0.15, 0.2) is 216 Å². The van der Waals surface area contributed by atoms with Crippen molar-refractivity contribution in [3.63, 3.8) is 0 Å². The molecule has 2 nitrogen and oxygen atoms in total. The van der Waals surface area contributed by atoms with Crippen LogP contribution < -0.4 is 4.90 Å². The van der Waals surface area contributed by atoms with E-state index in [1.54, 1.807) is 42.5 Å². The van der Waals surface area contributed by atoms with Gasteiger partial charge >= 0.3 is 0 Å². The Balaban J connectivity index is 1.27. The summed E-state index contributed by atoms with van der Waals surface area (Å²) in [6, 6.07) is 32.4. The molecule has 10 aromatic rings. The van der Waals surface area contributed by atoms with Crippen molar-refractivity contribution in [2.75, 3.05) is 4.90 Å². The Kier molecular flexibility index (Phi) is 5.17. The van der Waals surface area contributed by atoms with Gasteiger partial charge in [0, 0.05) is 27.7 Å². The van der Waals surface area contributed by atoms with E-state index >= 15 is 0 Å². The van der Waals surface area contributed by atoms with Gasteiger partial charge in [0.25, 0.3) is 0 Å². The molecule has 0 aliphatic heterocycles. The van der Waals surface area contributed by atoms with Gasteiger partial charge in [0.15, 0.2) is 0 Å². The quantitative estimate of drug-likeness (QED) is 0.164. The highest BCUT2D eigenvalue weighted by Gasteiger charge is 2.21. The van der Waals surface area contributed by atoms with E-state index in [0.717, 1.165) is 27.3 Å². The van der Waals surface area contributed by atoms with Crippen molar-refractivity contribution >= 4 is 49.8 Å². The maximum Gasteiger partial charge on any atom is 0.136 e. The van der Waals surface area contributed by atoms with Crippen molar-refractivity contribution in [1.29, 1.82) is 0 Å². The topological polar surface area (TPSA) is 16.4 Å². The van der Waals surface area contributed by atoms with Crippen LogP contribution in [0.4, 0.5) is 17.1 Å². The molecule has 0 bridgehead atoms. The lowest BCUT2D eigenvalue weighted by molar-refractivity contribution is 0.669. The van der Waals surface area contributed by atoms with Gasteiger partial charge in [-0.25, -0.2) is 0 Å². The average molecular weight is 703 g/mol. The van der Waals surface area contributed by atoms with Crippen molar-refractivity contribution in [2.45, 2.75) is 0 Å². The second kappa shape index (κ2) is 13.4. The Morgan fingerprint density at radius 3 is 1.63 bits per heavy atom. The molecule has 0 spiro atoms. The molecule has 9 aromatic carbocycles. The number of nitrogens with zero attached hydrogens (tertiary/aromatic N) is 1. The molecule has 254 valence electrons. The van der Waals surface area contributed by atoms with Crippen LogP contribution in [-0.2, 0) is 0 Å². The fourth-order valence-corrected chi connectivity index (χ4v) is 6.92. The number of fused-ring (bicyclic) bond motifs is 4. The Morgan fingerprint density at radius 2 is 0.926 bits per heavy atom. The van der Waals surface area contributed by atoms with Crippen molar-refractivity contribution in [3.8, 4) is 44.5 Å². The third kappa shape index (κ3) is 5.71. The normalized spacial score (nSPS) is 14.7. The molecule has 0 radical (unpaired) electrons. The lowest BCUT2D eigenvalue weighted by Crippen LogP contribution is -2.11. The maximum atomic E-state index is 9.67. The van der Waals surface area contributed by atoms with Gasteiger partial charge in [-0.3, -0.25) is 0 Å². The third-order valence-electron chi connectivity index (χ3n) is 9.50. The molecule has 1 aromatic heterocycles. The summed E-state index contributed by atoms with van der Waals surface area (Å²) in [4.78, 5) is 1.21. The second-order valence-corrected chi connectivity index (χ2v) is 12.7. The smallest absolute Gasteiger partial charge is 0.136 e. The molecule has 0 aliphatic carbocycles. The molecule has 0 amide bonds. The van der Waals surface area contributed by atoms with Crippen LogP contribution in [0.3, 0.4) is 0 Å². The lowest BCUT2D eigenvalue weighted by Gasteiger charge is -2.28. The summed E-state index contributed by atoms with van der Waals surface area (Å²) >= 11 is 0. The van der Waals surface area contributed by atoms with E-state index in [0.29, 0.717) is 33.2 Å². The Morgan fingerprint density at radius 1 is 0.389 bits per heavy atom. The zero-order valence-corrected chi connectivity index (χ0v) is 28.6. The van der Waals surface area contributed by atoms with E-state index in [-0.39, 0.29) is 16.9 Å². The molecule has 1 heterocycles. The number of anilines is 3. The molecule has 0 fully saturated rings. The predicted octanol–water partition coefficient (Wildman–Crippen LogP) is 14.9. The summed E-state index contributed by atoms with van der Waals surface area (Å²) in [6.45, 7) is 0. The van der Waals surface area contributed by atoms with Crippen LogP contribution >= 0.6 is 0 Å². The van der Waals surface area contributed by atoms with Gasteiger partial charge in [-0.15, -0.1) is 0 Å². The van der Waals surface area contributed by atoms with E-state index in [9.17, 15) is 11.0 Å². The van der Waals surface area contributed by atoms with Crippen LogP contribution in [0.5, 0.6) is 0 Å². The van der Waals surface area contributed by atoms with E-state index in [1.807, 2.05) is 91.0 Å². The van der Waals surface area contributed by atoms with Gasteiger partial charge in [-0.2, -0.15) is 0 Å². The molecule has 2 heteroatoms. The summed E-state index contributed by atoms with van der Waals surface area (Å²) < 4.78 is 125. The van der Waals surface area contributed by atoms with Crippen LogP contribution in [0.2, 0.25) is 0 Å². The zero-order valence-electron chi connectivity index (χ0n) is 41.6. The number of hydrogen-bond acceptors (Lipinski definition) is 2. The van der Waals surface area contributed by atoms with Gasteiger partial charge in [-0.1, -0.05) is 164 Å². The van der Waals surface area contributed by atoms with Crippen LogP contribution in [-0.4, -0.2) is 0 Å². The molecule has 0 aliphatic rings. The Labute approximate surface area is 333 Å². The molecular formula is C52H35NO. The van der Waals surface area contributed by atoms with E-state index in [2.05, 4.69) is 0 Å². The lowest BCUT2D eigenvalue weighted by atomic mass is 9.96. The minimum atomic E-state index is -0.753. The summed E-state index contributed by atoms with van der Waals surface area (Å²) in [5, 5.41) is 3.42. The van der Waals surface area contributed by atoms with E-state index in [4.69, 9.17) is 11.3 Å². The standard InChI is InChI=1S/C52H35NO/c1-3-12-36(13-4-1)38-22-24-39(25-23-38)41-28-32-45(33-29-41)53(44-30-26-40(27-31-44)37-14-5-2-6-15-37)49-20-10-9-18-46(49)47-19-11-21-50-52(47)48-34-42-16-7-8-17-43(42)35-51(48)54-50/h1-35H/i2D,5D,6D,14D,15D,26D,27D,28D,29D,30D,31D,32D,33D. The van der Waals surface area contributed by atoms with Gasteiger partial charge in [0.1, 0.15) is 11.2 Å². The van der Waals surface area contributed by atoms with Crippen molar-refractivity contribution in [2.24, 2.45) is 0 Å². The van der Waals surface area contributed by atoms with E-state index < -0.39 is 95.4 Å². The van der Waals surface area contributed by atoms with Gasteiger partial charge < -0.3 is 9.32 Å². The number of hydrogen-bond donors (Lipinski definition) is 0. The van der Waals surface area contributed by atoms with Gasteiger partial charge in [-0.05, 0) is 98.2 Å². The molecule has 54 heavy (non-hydrogen) atoms. The first-order valence-electron chi connectivity index (χ1n) is 23.9. The summed E-state index contributed by atoms with van der Waals surface area (Å²) in [6.07, 6.45) is 0. The number of rotatable bonds is 7. The monoisotopic (exact) mass is 702 g/mol. The second-order valence-electron chi connectivity index (χ2n) is 12.7. The Hall–Kier alpha value is -7.16. The first kappa shape index (κ1) is 20.8. The molecule has 0 atom stereocenters. The minimum Gasteiger partial charge on any atom is -0.456 e. The van der Waals surface area contributed by atoms with Crippen molar-refractivity contribution in [3.05, 3.63) is 212 Å². The highest BCUT2D eigenvalue weighted by atomic mass is 16.3. The Bertz CT molecular complexity index is 3600. The summed E-state index contributed by atoms with van der Waals surface area (Å²) in [7, 11) is 0. The number of benzene rings is 9. The molecule has 10 rings (SSSR count). The zero-order chi connectivity index (χ0) is 47.2. The van der Waals surface area contributed by atoms with Crippen molar-refractivity contribution in [1.82, 2.24) is 0 Å². The van der Waals surface area contributed by atoms with Crippen LogP contribution in [0.25, 0.3) is 77.2 Å². The van der Waals surface area contributed by atoms with E-state index in [1.165, 1.54) is 4.90 Å². The fourth-order valence-electron chi connectivity index (χ4n) is 6.92. The number of furan rings is 1. The van der Waals surface area contributed by atoms with Crippen molar-refractivity contribution < 1.29 is 22.2 Å². The fraction of sp³-hybridized carbons (Fsp3) is 0. The largest absolute Gasteiger partial charge is 0.456 e. The third-order valence-corrected chi connectivity index (χ3v) is 9.50. The summed E-state index contributed by atoms with van der Waals surface area (Å²) in [5.41, 5.74) is 2.73. The number of para-hydroxylation sites is 1. The molecule has 0 saturated carbocycles. The molecule has 0 unspecified atom stereocenters. The highest BCUT2D eigenvalue weighted by Crippen LogP contribution is 2.45. The molecular weight excluding hydrogens is 655 g/mol. The maximum absolute atomic E-state index is 9.67. The first-order valence-corrected chi connectivity index (χ1v) is 17.4. The van der Waals surface area contributed by atoms with Crippen LogP contribution in [0, 0.1) is 0 Å². The average Bonchev–Trinajstić information content (AvgIpc) is 3.72.